The van der Waals surface area contributed by atoms with Crippen molar-refractivity contribution in [1.82, 2.24) is 10.0 Å². The number of carbonyl (C=O) groups is 4. The summed E-state index contributed by atoms with van der Waals surface area (Å²) in [6.07, 6.45) is 0.625. The molecule has 9 heteroatoms. The van der Waals surface area contributed by atoms with Crippen molar-refractivity contribution in [3.63, 3.8) is 0 Å². The summed E-state index contributed by atoms with van der Waals surface area (Å²) in [7, 11) is 0. The van der Waals surface area contributed by atoms with Gasteiger partial charge in [-0.1, -0.05) is 23.2 Å². The van der Waals surface area contributed by atoms with Crippen LogP contribution in [0, 0.1) is 0 Å². The Morgan fingerprint density at radius 2 is 1.35 bits per heavy atom. The molecule has 1 aliphatic rings. The lowest BCUT2D eigenvalue weighted by Gasteiger charge is -2.39. The van der Waals surface area contributed by atoms with E-state index in [1.165, 1.54) is 36.4 Å². The van der Waals surface area contributed by atoms with E-state index in [4.69, 9.17) is 34.8 Å². The van der Waals surface area contributed by atoms with E-state index in [0.717, 1.165) is 10.0 Å². The highest BCUT2D eigenvalue weighted by Gasteiger charge is 2.41. The minimum absolute atomic E-state index is 0.0324. The first-order valence-electron chi connectivity index (χ1n) is 9.64. The summed E-state index contributed by atoms with van der Waals surface area (Å²) in [5, 5.41) is 2.61. The highest BCUT2D eigenvalue weighted by Crippen LogP contribution is 2.25. The van der Waals surface area contributed by atoms with Crippen molar-refractivity contribution >= 4 is 58.3 Å². The minimum atomic E-state index is -1.16. The third kappa shape index (κ3) is 5.26. The molecule has 6 nitrogen and oxygen atoms in total. The van der Waals surface area contributed by atoms with Gasteiger partial charge < -0.3 is 0 Å². The minimum Gasteiger partial charge on any atom is -0.292 e. The van der Waals surface area contributed by atoms with Gasteiger partial charge in [-0.15, -0.1) is 11.6 Å². The fourth-order valence-electron chi connectivity index (χ4n) is 3.35. The van der Waals surface area contributed by atoms with Crippen LogP contribution >= 0.6 is 34.8 Å². The highest BCUT2D eigenvalue weighted by molar-refractivity contribution is 6.31. The van der Waals surface area contributed by atoms with Gasteiger partial charge in [0.25, 0.3) is 5.91 Å². The number of amides is 3. The molecule has 3 rings (SSSR count). The molecule has 0 unspecified atom stereocenters. The van der Waals surface area contributed by atoms with Crippen molar-refractivity contribution in [3.05, 3.63) is 69.7 Å². The second-order valence-electron chi connectivity index (χ2n) is 6.97. The van der Waals surface area contributed by atoms with E-state index < -0.39 is 29.5 Å². The molecular weight excluding hydrogens is 463 g/mol. The monoisotopic (exact) mass is 480 g/mol. The van der Waals surface area contributed by atoms with Crippen molar-refractivity contribution in [2.24, 2.45) is 0 Å². The molecule has 0 bridgehead atoms. The first-order valence-corrected chi connectivity index (χ1v) is 10.9. The molecule has 0 aromatic heterocycles. The SMILES string of the molecule is O=C(c1ccc(Cl)cc1)[C@@H](CCCl)N(C(=O)c1ccc(Cl)cc1)N1C(=O)CCCC1=O. The molecule has 1 fully saturated rings. The van der Waals surface area contributed by atoms with Crippen LogP contribution in [0.1, 0.15) is 46.4 Å². The first kappa shape index (κ1) is 23.3. The van der Waals surface area contributed by atoms with E-state index in [-0.39, 0.29) is 36.3 Å². The Morgan fingerprint density at radius 1 is 0.871 bits per heavy atom. The number of ketones is 1. The van der Waals surface area contributed by atoms with Crippen LogP contribution in [0.15, 0.2) is 48.5 Å². The van der Waals surface area contributed by atoms with Gasteiger partial charge in [0.1, 0.15) is 6.04 Å². The van der Waals surface area contributed by atoms with Gasteiger partial charge in [0.05, 0.1) is 0 Å². The molecule has 1 atom stereocenters. The number of Topliss-reactive ketones (excluding diaryl/α,β-unsaturated/α-hetero) is 1. The molecule has 0 N–H and O–H groups in total. The zero-order valence-electron chi connectivity index (χ0n) is 16.4. The van der Waals surface area contributed by atoms with E-state index >= 15 is 0 Å². The Bertz CT molecular complexity index is 977. The smallest absolute Gasteiger partial charge is 0.273 e. The summed E-state index contributed by atoms with van der Waals surface area (Å²) in [6.45, 7) is 0. The van der Waals surface area contributed by atoms with Gasteiger partial charge in [-0.25, -0.2) is 5.01 Å². The molecule has 0 spiro atoms. The summed E-state index contributed by atoms with van der Waals surface area (Å²) in [4.78, 5) is 52.2. The van der Waals surface area contributed by atoms with E-state index in [9.17, 15) is 19.2 Å². The number of hydrazine groups is 1. The molecule has 2 aromatic rings. The first-order chi connectivity index (χ1) is 14.8. The Morgan fingerprint density at radius 3 is 1.84 bits per heavy atom. The predicted molar refractivity (Wildman–Crippen MR) is 118 cm³/mol. The number of imide groups is 1. The van der Waals surface area contributed by atoms with E-state index in [1.54, 1.807) is 12.1 Å². The maximum absolute atomic E-state index is 13.5. The number of alkyl halides is 1. The standard InChI is InChI=1S/C22H19Cl3N2O4/c23-13-12-18(21(30)14-4-8-16(24)9-5-14)26(27-19(28)2-1-3-20(27)29)22(31)15-6-10-17(25)11-7-15/h4-11,18H,1-3,12-13H2/t18-/m1/s1. The number of piperidine rings is 1. The average molecular weight is 482 g/mol. The van der Waals surface area contributed by atoms with Crippen molar-refractivity contribution in [2.45, 2.75) is 31.7 Å². The fourth-order valence-corrected chi connectivity index (χ4v) is 3.81. The molecule has 1 heterocycles. The van der Waals surface area contributed by atoms with Crippen LogP contribution in [-0.2, 0) is 9.59 Å². The van der Waals surface area contributed by atoms with E-state index in [0.29, 0.717) is 16.5 Å². The number of rotatable bonds is 7. The average Bonchev–Trinajstić information content (AvgIpc) is 2.75. The lowest BCUT2D eigenvalue weighted by atomic mass is 10.00. The van der Waals surface area contributed by atoms with Crippen molar-refractivity contribution in [1.29, 1.82) is 0 Å². The van der Waals surface area contributed by atoms with Gasteiger partial charge in [0.2, 0.25) is 11.8 Å². The second-order valence-corrected chi connectivity index (χ2v) is 8.22. The van der Waals surface area contributed by atoms with Crippen molar-refractivity contribution < 1.29 is 19.2 Å². The van der Waals surface area contributed by atoms with Crippen LogP contribution < -0.4 is 0 Å². The van der Waals surface area contributed by atoms with Crippen molar-refractivity contribution in [2.75, 3.05) is 5.88 Å². The lowest BCUT2D eigenvalue weighted by molar-refractivity contribution is -0.165. The van der Waals surface area contributed by atoms with E-state index in [2.05, 4.69) is 0 Å². The van der Waals surface area contributed by atoms with Gasteiger partial charge in [0, 0.05) is 39.9 Å². The summed E-state index contributed by atoms with van der Waals surface area (Å²) in [5.74, 6) is -2.17. The molecule has 0 saturated carbocycles. The van der Waals surface area contributed by atoms with E-state index in [1.807, 2.05) is 0 Å². The molecule has 2 aromatic carbocycles. The second kappa shape index (κ2) is 10.3. The lowest BCUT2D eigenvalue weighted by Crippen LogP contribution is -2.60. The van der Waals surface area contributed by atoms with Gasteiger partial charge in [0.15, 0.2) is 5.78 Å². The molecule has 3 amide bonds. The normalized spacial score (nSPS) is 15.0. The zero-order chi connectivity index (χ0) is 22.5. The highest BCUT2D eigenvalue weighted by atomic mass is 35.5. The third-order valence-corrected chi connectivity index (χ3v) is 5.60. The molecule has 162 valence electrons. The molecule has 0 radical (unpaired) electrons. The van der Waals surface area contributed by atoms with Gasteiger partial charge in [-0.3, -0.25) is 19.2 Å². The molecule has 31 heavy (non-hydrogen) atoms. The Hall–Kier alpha value is -2.41. The number of nitrogens with zero attached hydrogens (tertiary/aromatic N) is 2. The van der Waals surface area contributed by atoms with Crippen LogP contribution in [0.5, 0.6) is 0 Å². The fraction of sp³-hybridized carbons (Fsp3) is 0.273. The van der Waals surface area contributed by atoms with Crippen LogP contribution in [0.4, 0.5) is 0 Å². The topological polar surface area (TPSA) is 74.8 Å². The summed E-state index contributed by atoms with van der Waals surface area (Å²) >= 11 is 17.8. The van der Waals surface area contributed by atoms with Gasteiger partial charge in [-0.05, 0) is 61.4 Å². The summed E-state index contributed by atoms with van der Waals surface area (Å²) in [6, 6.07) is 11.0. The largest absolute Gasteiger partial charge is 0.292 e. The van der Waals surface area contributed by atoms with Crippen LogP contribution in [0.3, 0.4) is 0 Å². The summed E-state index contributed by atoms with van der Waals surface area (Å²) < 4.78 is 0. The number of hydrogen-bond donors (Lipinski definition) is 0. The maximum Gasteiger partial charge on any atom is 0.273 e. The molecule has 0 aliphatic carbocycles. The third-order valence-electron chi connectivity index (χ3n) is 4.88. The Labute approximate surface area is 194 Å². The van der Waals surface area contributed by atoms with Crippen LogP contribution in [-0.4, -0.2) is 45.4 Å². The predicted octanol–water partition coefficient (Wildman–Crippen LogP) is 4.77. The van der Waals surface area contributed by atoms with Crippen molar-refractivity contribution in [3.8, 4) is 0 Å². The van der Waals surface area contributed by atoms with Gasteiger partial charge >= 0.3 is 0 Å². The van der Waals surface area contributed by atoms with Crippen LogP contribution in [0.25, 0.3) is 0 Å². The zero-order valence-corrected chi connectivity index (χ0v) is 18.7. The van der Waals surface area contributed by atoms with Crippen LogP contribution in [0.2, 0.25) is 10.0 Å². The number of hydrogen-bond acceptors (Lipinski definition) is 4. The summed E-state index contributed by atoms with van der Waals surface area (Å²) in [5.41, 5.74) is 0.462. The Balaban J connectivity index is 2.08. The van der Waals surface area contributed by atoms with Gasteiger partial charge in [-0.2, -0.15) is 5.01 Å². The molecule has 1 saturated heterocycles. The number of halogens is 3. The maximum atomic E-state index is 13.5. The molecular formula is C22H19Cl3N2O4. The number of carbonyl (C=O) groups excluding carboxylic acids is 4. The number of benzene rings is 2. The quantitative estimate of drug-likeness (QED) is 0.324. The molecule has 1 aliphatic heterocycles. The Kier molecular flexibility index (Phi) is 7.70.